The summed E-state index contributed by atoms with van der Waals surface area (Å²) >= 11 is 0. The van der Waals surface area contributed by atoms with E-state index in [0.717, 1.165) is 12.0 Å². The molecule has 0 aromatic heterocycles. The minimum atomic E-state index is -0.226. The lowest BCUT2D eigenvalue weighted by molar-refractivity contribution is -0.184. The first-order chi connectivity index (χ1) is 7.19. The van der Waals surface area contributed by atoms with Gasteiger partial charge < -0.3 is 9.47 Å². The summed E-state index contributed by atoms with van der Waals surface area (Å²) in [6, 6.07) is 0. The molecule has 90 valence electrons. The first-order valence-electron chi connectivity index (χ1n) is 5.78. The fourth-order valence-corrected chi connectivity index (χ4v) is 2.45. The molecule has 16 heavy (non-hydrogen) atoms. The molecular weight excluding hydrogens is 204 g/mol. The molecule has 0 N–H and O–H groups in total. The van der Waals surface area contributed by atoms with Gasteiger partial charge in [-0.3, -0.25) is 0 Å². The molecule has 2 heterocycles. The van der Waals surface area contributed by atoms with E-state index in [2.05, 4.69) is 34.6 Å². The van der Waals surface area contributed by atoms with E-state index >= 15 is 0 Å². The van der Waals surface area contributed by atoms with Gasteiger partial charge in [-0.2, -0.15) is 0 Å². The Kier molecular flexibility index (Phi) is 2.42. The Morgan fingerprint density at radius 1 is 1.38 bits per heavy atom. The highest BCUT2D eigenvalue weighted by atomic mass is 16.6. The number of carbonyl (C=O) groups excluding carboxylic acids is 1. The van der Waals surface area contributed by atoms with Crippen LogP contribution < -0.4 is 0 Å². The maximum Gasteiger partial charge on any atom is 0.331 e. The number of ether oxygens (including phenoxy) is 2. The highest BCUT2D eigenvalue weighted by molar-refractivity contribution is 5.86. The molecular formula is C13H20O3. The molecule has 2 aliphatic heterocycles. The molecule has 0 bridgehead atoms. The van der Waals surface area contributed by atoms with E-state index in [1.165, 1.54) is 0 Å². The van der Waals surface area contributed by atoms with Gasteiger partial charge in [0.15, 0.2) is 6.10 Å². The maximum atomic E-state index is 11.3. The summed E-state index contributed by atoms with van der Waals surface area (Å²) < 4.78 is 11.4. The summed E-state index contributed by atoms with van der Waals surface area (Å²) in [4.78, 5) is 11.3. The van der Waals surface area contributed by atoms with Gasteiger partial charge in [0.2, 0.25) is 0 Å². The third-order valence-electron chi connectivity index (χ3n) is 3.12. The Hall–Kier alpha value is -0.830. The highest BCUT2D eigenvalue weighted by Gasteiger charge is 2.48. The van der Waals surface area contributed by atoms with Crippen LogP contribution in [0.3, 0.4) is 0 Å². The Morgan fingerprint density at radius 3 is 2.56 bits per heavy atom. The number of carbonyl (C=O) groups is 1. The molecule has 2 aliphatic rings. The Balaban J connectivity index is 2.33. The molecule has 0 radical (unpaired) electrons. The van der Waals surface area contributed by atoms with Crippen molar-refractivity contribution in [3.05, 3.63) is 11.6 Å². The zero-order chi connectivity index (χ0) is 12.1. The third-order valence-corrected chi connectivity index (χ3v) is 3.12. The number of fused-ring (bicyclic) bond motifs is 1. The first kappa shape index (κ1) is 11.6. The van der Waals surface area contributed by atoms with Gasteiger partial charge in [-0.15, -0.1) is 0 Å². The number of hydrogen-bond acceptors (Lipinski definition) is 3. The zero-order valence-electron chi connectivity index (χ0n) is 10.7. The molecule has 0 aromatic rings. The predicted octanol–water partition coefficient (Wildman–Crippen LogP) is 2.45. The molecule has 0 saturated carbocycles. The highest BCUT2D eigenvalue weighted by Crippen LogP contribution is 2.42. The van der Waals surface area contributed by atoms with E-state index < -0.39 is 0 Å². The van der Waals surface area contributed by atoms with Crippen LogP contribution in [0.5, 0.6) is 0 Å². The second-order valence-electron chi connectivity index (χ2n) is 6.42. The number of rotatable bonds is 0. The normalized spacial score (nSPS) is 33.1. The van der Waals surface area contributed by atoms with Crippen molar-refractivity contribution in [2.45, 2.75) is 58.8 Å². The summed E-state index contributed by atoms with van der Waals surface area (Å²) in [7, 11) is 0. The van der Waals surface area contributed by atoms with Crippen molar-refractivity contribution in [1.82, 2.24) is 0 Å². The maximum absolute atomic E-state index is 11.3. The van der Waals surface area contributed by atoms with Crippen LogP contribution in [-0.4, -0.2) is 23.8 Å². The minimum absolute atomic E-state index is 0.0356. The van der Waals surface area contributed by atoms with E-state index in [-0.39, 0.29) is 29.2 Å². The lowest BCUT2D eigenvalue weighted by atomic mass is 9.78. The molecule has 2 rings (SSSR count). The van der Waals surface area contributed by atoms with Gasteiger partial charge >= 0.3 is 5.97 Å². The second kappa shape index (κ2) is 3.33. The topological polar surface area (TPSA) is 35.5 Å². The van der Waals surface area contributed by atoms with E-state index in [1.54, 1.807) is 6.08 Å². The van der Waals surface area contributed by atoms with Crippen molar-refractivity contribution in [3.8, 4) is 0 Å². The number of esters is 1. The van der Waals surface area contributed by atoms with Crippen molar-refractivity contribution < 1.29 is 14.3 Å². The van der Waals surface area contributed by atoms with Crippen molar-refractivity contribution in [1.29, 1.82) is 0 Å². The second-order valence-corrected chi connectivity index (χ2v) is 6.42. The van der Waals surface area contributed by atoms with E-state index in [9.17, 15) is 4.79 Å². The van der Waals surface area contributed by atoms with Crippen molar-refractivity contribution in [2.24, 2.45) is 5.41 Å². The van der Waals surface area contributed by atoms with Crippen LogP contribution in [0, 0.1) is 5.41 Å². The van der Waals surface area contributed by atoms with Gasteiger partial charge in [0.05, 0.1) is 5.60 Å². The standard InChI is InChI=1S/C13H20O3/c1-12(2,3)11-10-8(6-9(14)15-10)7-13(4,5)16-11/h6,10-11H,7H2,1-5H3/t10-,11?/m0/s1. The predicted molar refractivity (Wildman–Crippen MR) is 61.0 cm³/mol. The van der Waals surface area contributed by atoms with Crippen LogP contribution in [0.25, 0.3) is 0 Å². The van der Waals surface area contributed by atoms with Crippen molar-refractivity contribution >= 4 is 5.97 Å². The molecule has 1 fully saturated rings. The van der Waals surface area contributed by atoms with Crippen molar-refractivity contribution in [2.75, 3.05) is 0 Å². The van der Waals surface area contributed by atoms with Crippen LogP contribution in [-0.2, 0) is 14.3 Å². The van der Waals surface area contributed by atoms with E-state index in [4.69, 9.17) is 9.47 Å². The SMILES string of the molecule is CC1(C)CC2=CC(=O)O[C@@H]2C(C(C)(C)C)O1. The van der Waals surface area contributed by atoms with Crippen molar-refractivity contribution in [3.63, 3.8) is 0 Å². The molecule has 0 aromatic carbocycles. The average Bonchev–Trinajstić information content (AvgIpc) is 2.39. The molecule has 0 spiro atoms. The van der Waals surface area contributed by atoms with Crippen LogP contribution in [0.15, 0.2) is 11.6 Å². The molecule has 1 unspecified atom stereocenters. The zero-order valence-corrected chi connectivity index (χ0v) is 10.7. The van der Waals surface area contributed by atoms with Gasteiger partial charge in [-0.25, -0.2) is 4.79 Å². The van der Waals surface area contributed by atoms with Crippen LogP contribution >= 0.6 is 0 Å². The molecule has 2 atom stereocenters. The number of hydrogen-bond donors (Lipinski definition) is 0. The summed E-state index contributed by atoms with van der Waals surface area (Å²) in [6.07, 6.45) is 2.17. The summed E-state index contributed by atoms with van der Waals surface area (Å²) in [6.45, 7) is 10.5. The minimum Gasteiger partial charge on any atom is -0.452 e. The fraction of sp³-hybridized carbons (Fsp3) is 0.769. The largest absolute Gasteiger partial charge is 0.452 e. The Bertz CT molecular complexity index is 347. The van der Waals surface area contributed by atoms with Crippen LogP contribution in [0.1, 0.15) is 41.0 Å². The van der Waals surface area contributed by atoms with Crippen LogP contribution in [0.4, 0.5) is 0 Å². The van der Waals surface area contributed by atoms with Gasteiger partial charge in [-0.1, -0.05) is 20.8 Å². The van der Waals surface area contributed by atoms with Gasteiger partial charge in [0.25, 0.3) is 0 Å². The monoisotopic (exact) mass is 224 g/mol. The lowest BCUT2D eigenvalue weighted by Crippen LogP contribution is -2.51. The first-order valence-corrected chi connectivity index (χ1v) is 5.78. The fourth-order valence-electron chi connectivity index (χ4n) is 2.45. The molecule has 3 heteroatoms. The van der Waals surface area contributed by atoms with E-state index in [1.807, 2.05) is 0 Å². The lowest BCUT2D eigenvalue weighted by Gasteiger charge is -2.45. The van der Waals surface area contributed by atoms with E-state index in [0.29, 0.717) is 0 Å². The molecule has 1 saturated heterocycles. The van der Waals surface area contributed by atoms with Gasteiger partial charge in [0.1, 0.15) is 6.10 Å². The average molecular weight is 224 g/mol. The molecule has 0 amide bonds. The molecule has 0 aliphatic carbocycles. The van der Waals surface area contributed by atoms with Crippen LogP contribution in [0.2, 0.25) is 0 Å². The summed E-state index contributed by atoms with van der Waals surface area (Å²) in [5.41, 5.74) is 0.835. The Labute approximate surface area is 96.8 Å². The summed E-state index contributed by atoms with van der Waals surface area (Å²) in [5, 5.41) is 0. The summed E-state index contributed by atoms with van der Waals surface area (Å²) in [5.74, 6) is -0.226. The van der Waals surface area contributed by atoms with Gasteiger partial charge in [0, 0.05) is 12.5 Å². The van der Waals surface area contributed by atoms with Gasteiger partial charge in [-0.05, 0) is 24.8 Å². The third kappa shape index (κ3) is 2.01. The quantitative estimate of drug-likeness (QED) is 0.593. The molecule has 3 nitrogen and oxygen atoms in total. The smallest absolute Gasteiger partial charge is 0.331 e. The Morgan fingerprint density at radius 2 is 2.00 bits per heavy atom.